The van der Waals surface area contributed by atoms with Gasteiger partial charge in [0.15, 0.2) is 0 Å². The van der Waals surface area contributed by atoms with Crippen molar-refractivity contribution in [2.75, 3.05) is 20.8 Å². The van der Waals surface area contributed by atoms with E-state index in [-0.39, 0.29) is 17.9 Å². The molecule has 0 aliphatic rings. The van der Waals surface area contributed by atoms with Gasteiger partial charge in [-0.15, -0.1) is 0 Å². The van der Waals surface area contributed by atoms with Gasteiger partial charge in [0.2, 0.25) is 0 Å². The Hall–Kier alpha value is -2.50. The number of rotatable bonds is 4. The van der Waals surface area contributed by atoms with Crippen molar-refractivity contribution in [1.29, 1.82) is 0 Å². The molecule has 0 unspecified atom stereocenters. The van der Waals surface area contributed by atoms with Gasteiger partial charge < -0.3 is 18.8 Å². The quantitative estimate of drug-likeness (QED) is 0.807. The van der Waals surface area contributed by atoms with Crippen LogP contribution in [0.3, 0.4) is 0 Å². The van der Waals surface area contributed by atoms with Gasteiger partial charge in [0.1, 0.15) is 17.0 Å². The summed E-state index contributed by atoms with van der Waals surface area (Å²) in [7, 11) is 4.51. The Morgan fingerprint density at radius 2 is 1.90 bits per heavy atom. The van der Waals surface area contributed by atoms with Crippen LogP contribution in [0.5, 0.6) is 5.75 Å². The molecule has 0 aliphatic carbocycles. The van der Waals surface area contributed by atoms with E-state index in [4.69, 9.17) is 14.2 Å². The molecule has 2 rings (SSSR count). The number of carbonyl (C=O) groups is 2. The van der Waals surface area contributed by atoms with Gasteiger partial charge in [0, 0.05) is 18.0 Å². The second-order valence-electron chi connectivity index (χ2n) is 4.38. The number of esters is 2. The standard InChI is InChI=1S/C15H17NO5/c1-5-21-15(18)13-12(14(17)20-4)10-8-9(19-3)6-7-11(10)16(13)2/h6-8H,5H2,1-4H3. The summed E-state index contributed by atoms with van der Waals surface area (Å²) in [6.45, 7) is 1.94. The Morgan fingerprint density at radius 3 is 2.48 bits per heavy atom. The third-order valence-corrected chi connectivity index (χ3v) is 3.26. The minimum atomic E-state index is -0.586. The van der Waals surface area contributed by atoms with Crippen LogP contribution in [0.15, 0.2) is 18.2 Å². The van der Waals surface area contributed by atoms with E-state index in [2.05, 4.69) is 0 Å². The van der Waals surface area contributed by atoms with Gasteiger partial charge >= 0.3 is 11.9 Å². The molecular formula is C15H17NO5. The van der Waals surface area contributed by atoms with Crippen LogP contribution in [0.25, 0.3) is 10.9 Å². The van der Waals surface area contributed by atoms with Gasteiger partial charge in [-0.25, -0.2) is 9.59 Å². The molecule has 0 aliphatic heterocycles. The molecule has 0 spiro atoms. The van der Waals surface area contributed by atoms with Crippen LogP contribution in [-0.4, -0.2) is 37.3 Å². The number of hydrogen-bond acceptors (Lipinski definition) is 5. The molecule has 1 aromatic carbocycles. The van der Waals surface area contributed by atoms with Crippen LogP contribution >= 0.6 is 0 Å². The second kappa shape index (κ2) is 5.87. The van der Waals surface area contributed by atoms with E-state index in [1.807, 2.05) is 0 Å². The summed E-state index contributed by atoms with van der Waals surface area (Å²) < 4.78 is 16.6. The summed E-state index contributed by atoms with van der Waals surface area (Å²) in [4.78, 5) is 24.2. The predicted molar refractivity (Wildman–Crippen MR) is 76.8 cm³/mol. The average molecular weight is 291 g/mol. The van der Waals surface area contributed by atoms with Crippen molar-refractivity contribution in [3.05, 3.63) is 29.5 Å². The molecule has 6 heteroatoms. The summed E-state index contributed by atoms with van der Waals surface area (Å²) in [5.41, 5.74) is 1.08. The van der Waals surface area contributed by atoms with Gasteiger partial charge in [-0.2, -0.15) is 0 Å². The number of carbonyl (C=O) groups excluding carboxylic acids is 2. The van der Waals surface area contributed by atoms with Crippen LogP contribution in [0, 0.1) is 0 Å². The van der Waals surface area contributed by atoms with Crippen LogP contribution in [0.2, 0.25) is 0 Å². The molecule has 0 fully saturated rings. The molecular weight excluding hydrogens is 274 g/mol. The zero-order valence-electron chi connectivity index (χ0n) is 12.4. The topological polar surface area (TPSA) is 66.8 Å². The highest BCUT2D eigenvalue weighted by Gasteiger charge is 2.27. The van der Waals surface area contributed by atoms with Gasteiger partial charge in [-0.1, -0.05) is 0 Å². The molecule has 1 heterocycles. The first-order valence-corrected chi connectivity index (χ1v) is 6.47. The van der Waals surface area contributed by atoms with Crippen molar-refractivity contribution >= 4 is 22.8 Å². The molecule has 0 saturated heterocycles. The number of fused-ring (bicyclic) bond motifs is 1. The number of methoxy groups -OCH3 is 2. The first kappa shape index (κ1) is 14.9. The average Bonchev–Trinajstić information content (AvgIpc) is 2.79. The Bertz CT molecular complexity index is 702. The fraction of sp³-hybridized carbons (Fsp3) is 0.333. The minimum absolute atomic E-state index is 0.173. The minimum Gasteiger partial charge on any atom is -0.497 e. The fourth-order valence-electron chi connectivity index (χ4n) is 2.30. The number of nitrogens with zero attached hydrogens (tertiary/aromatic N) is 1. The maximum absolute atomic E-state index is 12.1. The molecule has 0 amide bonds. The lowest BCUT2D eigenvalue weighted by molar-refractivity contribution is 0.0495. The number of benzene rings is 1. The zero-order valence-corrected chi connectivity index (χ0v) is 12.4. The third kappa shape index (κ3) is 2.44. The summed E-state index contributed by atoms with van der Waals surface area (Å²) in [5, 5.41) is 0.590. The summed E-state index contributed by atoms with van der Waals surface area (Å²) in [6.07, 6.45) is 0. The molecule has 0 radical (unpaired) electrons. The molecule has 6 nitrogen and oxygen atoms in total. The van der Waals surface area contributed by atoms with E-state index in [1.54, 1.807) is 36.7 Å². The monoisotopic (exact) mass is 291 g/mol. The largest absolute Gasteiger partial charge is 0.497 e. The van der Waals surface area contributed by atoms with E-state index in [0.717, 1.165) is 5.52 Å². The smallest absolute Gasteiger partial charge is 0.355 e. The molecule has 0 atom stereocenters. The van der Waals surface area contributed by atoms with E-state index < -0.39 is 11.9 Å². The van der Waals surface area contributed by atoms with E-state index in [9.17, 15) is 9.59 Å². The lowest BCUT2D eigenvalue weighted by Gasteiger charge is -2.05. The van der Waals surface area contributed by atoms with Crippen molar-refractivity contribution in [3.63, 3.8) is 0 Å². The normalized spacial score (nSPS) is 10.5. The molecule has 1 aromatic heterocycles. The lowest BCUT2D eigenvalue weighted by atomic mass is 10.1. The molecule has 0 bridgehead atoms. The highest BCUT2D eigenvalue weighted by molar-refractivity contribution is 6.13. The number of ether oxygens (including phenoxy) is 3. The van der Waals surface area contributed by atoms with Gasteiger partial charge in [-0.05, 0) is 25.1 Å². The van der Waals surface area contributed by atoms with Crippen LogP contribution in [0.4, 0.5) is 0 Å². The van der Waals surface area contributed by atoms with Crippen LogP contribution in [0.1, 0.15) is 27.8 Å². The molecule has 2 aromatic rings. The first-order chi connectivity index (χ1) is 10.0. The number of hydrogen-bond donors (Lipinski definition) is 0. The van der Waals surface area contributed by atoms with Gasteiger partial charge in [-0.3, -0.25) is 0 Å². The lowest BCUT2D eigenvalue weighted by Crippen LogP contribution is -2.15. The van der Waals surface area contributed by atoms with Crippen molar-refractivity contribution < 1.29 is 23.8 Å². The van der Waals surface area contributed by atoms with Crippen molar-refractivity contribution in [1.82, 2.24) is 4.57 Å². The van der Waals surface area contributed by atoms with E-state index >= 15 is 0 Å². The third-order valence-electron chi connectivity index (χ3n) is 3.26. The second-order valence-corrected chi connectivity index (χ2v) is 4.38. The highest BCUT2D eigenvalue weighted by Crippen LogP contribution is 2.30. The maximum atomic E-state index is 12.1. The predicted octanol–water partition coefficient (Wildman–Crippen LogP) is 2.15. The van der Waals surface area contributed by atoms with Gasteiger partial charge in [0.05, 0.1) is 20.8 Å². The Kier molecular flexibility index (Phi) is 4.16. The van der Waals surface area contributed by atoms with Crippen LogP contribution < -0.4 is 4.74 Å². The van der Waals surface area contributed by atoms with Crippen molar-refractivity contribution in [2.45, 2.75) is 6.92 Å². The highest BCUT2D eigenvalue weighted by atomic mass is 16.5. The Balaban J connectivity index is 2.79. The number of aromatic nitrogens is 1. The number of aryl methyl sites for hydroxylation is 1. The first-order valence-electron chi connectivity index (χ1n) is 6.47. The zero-order chi connectivity index (χ0) is 15.6. The summed E-state index contributed by atoms with van der Waals surface area (Å²) >= 11 is 0. The molecule has 21 heavy (non-hydrogen) atoms. The SMILES string of the molecule is CCOC(=O)c1c(C(=O)OC)c2cc(OC)ccc2n1C. The molecule has 0 N–H and O–H groups in total. The van der Waals surface area contributed by atoms with Gasteiger partial charge in [0.25, 0.3) is 0 Å². The van der Waals surface area contributed by atoms with E-state index in [0.29, 0.717) is 11.1 Å². The molecule has 112 valence electrons. The fourth-order valence-corrected chi connectivity index (χ4v) is 2.30. The Morgan fingerprint density at radius 1 is 1.19 bits per heavy atom. The summed E-state index contributed by atoms with van der Waals surface area (Å²) in [5.74, 6) is -0.555. The Labute approximate surface area is 122 Å². The van der Waals surface area contributed by atoms with Crippen molar-refractivity contribution in [2.24, 2.45) is 7.05 Å². The van der Waals surface area contributed by atoms with E-state index in [1.165, 1.54) is 14.2 Å². The van der Waals surface area contributed by atoms with Crippen molar-refractivity contribution in [3.8, 4) is 5.75 Å². The molecule has 0 saturated carbocycles. The maximum Gasteiger partial charge on any atom is 0.355 e. The van der Waals surface area contributed by atoms with Crippen LogP contribution in [-0.2, 0) is 16.5 Å². The summed E-state index contributed by atoms with van der Waals surface area (Å²) in [6, 6.07) is 5.24.